The van der Waals surface area contributed by atoms with E-state index in [0.717, 1.165) is 6.54 Å². The Bertz CT molecular complexity index is 281. The van der Waals surface area contributed by atoms with E-state index in [9.17, 15) is 0 Å². The Kier molecular flexibility index (Phi) is 5.44. The highest BCUT2D eigenvalue weighted by atomic mass is 35.5. The first-order valence-corrected chi connectivity index (χ1v) is 3.85. The lowest BCUT2D eigenvalue weighted by Gasteiger charge is -1.90. The van der Waals surface area contributed by atoms with Crippen molar-refractivity contribution in [2.75, 3.05) is 5.88 Å². The third-order valence-electron chi connectivity index (χ3n) is 1.33. The van der Waals surface area contributed by atoms with Crippen LogP contribution in [0.1, 0.15) is 5.56 Å². The van der Waals surface area contributed by atoms with E-state index in [4.69, 9.17) is 16.9 Å². The Morgan fingerprint density at radius 2 is 2.33 bits per heavy atom. The van der Waals surface area contributed by atoms with Crippen molar-refractivity contribution < 1.29 is 17.0 Å². The molecule has 1 aromatic rings. The molecular formula is C8H8Cl2N2. The molecule has 1 rings (SSSR count). The summed E-state index contributed by atoms with van der Waals surface area (Å²) in [6.45, 7) is 0.747. The fourth-order valence-electron chi connectivity index (χ4n) is 0.825. The van der Waals surface area contributed by atoms with Gasteiger partial charge in [-0.15, -0.1) is 11.6 Å². The highest BCUT2D eigenvalue weighted by Gasteiger charge is 1.99. The average Bonchev–Trinajstić information content (AvgIpc) is 2.06. The molecule has 0 N–H and O–H groups in total. The Labute approximate surface area is 82.8 Å². The van der Waals surface area contributed by atoms with E-state index < -0.39 is 0 Å². The maximum atomic E-state index is 8.53. The molecule has 0 aliphatic carbocycles. The Morgan fingerprint density at radius 3 is 2.92 bits per heavy atom. The zero-order valence-corrected chi connectivity index (χ0v) is 7.89. The van der Waals surface area contributed by atoms with Gasteiger partial charge in [-0.2, -0.15) is 5.26 Å². The van der Waals surface area contributed by atoms with Crippen molar-refractivity contribution in [3.05, 3.63) is 30.1 Å². The lowest BCUT2D eigenvalue weighted by molar-refractivity contribution is -0.692. The number of rotatable bonds is 2. The van der Waals surface area contributed by atoms with Gasteiger partial charge in [-0.3, -0.25) is 0 Å². The first-order chi connectivity index (χ1) is 5.36. The zero-order valence-electron chi connectivity index (χ0n) is 6.37. The predicted molar refractivity (Wildman–Crippen MR) is 42.1 cm³/mol. The van der Waals surface area contributed by atoms with Gasteiger partial charge < -0.3 is 12.4 Å². The highest BCUT2D eigenvalue weighted by Crippen LogP contribution is 1.89. The minimum absolute atomic E-state index is 0. The lowest BCUT2D eigenvalue weighted by atomic mass is 10.3. The second kappa shape index (κ2) is 5.82. The van der Waals surface area contributed by atoms with Gasteiger partial charge in [-0.05, 0) is 6.07 Å². The SMILES string of the molecule is N#Cc1ccc[n+](CCCl)c1.[Cl-]. The topological polar surface area (TPSA) is 27.7 Å². The number of aryl methyl sites for hydroxylation is 1. The fourth-order valence-corrected chi connectivity index (χ4v) is 1.02. The van der Waals surface area contributed by atoms with Crippen LogP contribution >= 0.6 is 11.6 Å². The van der Waals surface area contributed by atoms with E-state index in [2.05, 4.69) is 6.07 Å². The molecular weight excluding hydrogens is 195 g/mol. The Hall–Kier alpha value is -0.780. The van der Waals surface area contributed by atoms with Crippen LogP contribution in [0.2, 0.25) is 0 Å². The van der Waals surface area contributed by atoms with Crippen LogP contribution < -0.4 is 17.0 Å². The number of alkyl halides is 1. The van der Waals surface area contributed by atoms with Crippen molar-refractivity contribution >= 4 is 11.6 Å². The summed E-state index contributed by atoms with van der Waals surface area (Å²) in [5, 5.41) is 8.53. The summed E-state index contributed by atoms with van der Waals surface area (Å²) in [4.78, 5) is 0. The molecule has 64 valence electrons. The van der Waals surface area contributed by atoms with E-state index in [-0.39, 0.29) is 12.4 Å². The molecule has 0 unspecified atom stereocenters. The molecule has 0 aromatic carbocycles. The number of pyridine rings is 1. The molecule has 0 spiro atoms. The number of hydrogen-bond acceptors (Lipinski definition) is 1. The van der Waals surface area contributed by atoms with Gasteiger partial charge in [0, 0.05) is 6.07 Å². The first-order valence-electron chi connectivity index (χ1n) is 3.32. The minimum atomic E-state index is 0. The third kappa shape index (κ3) is 3.08. The van der Waals surface area contributed by atoms with Crippen LogP contribution in [0.25, 0.3) is 0 Å². The molecule has 0 bridgehead atoms. The standard InChI is InChI=1S/C8H8ClN2.ClH/c9-3-5-11-4-1-2-8(6-10)7-11;/h1-2,4,7H,3,5H2;1H/q+1;/p-1. The molecule has 0 radical (unpaired) electrons. The Balaban J connectivity index is 0.00000121. The maximum absolute atomic E-state index is 8.53. The van der Waals surface area contributed by atoms with Crippen molar-refractivity contribution in [3.8, 4) is 6.07 Å². The maximum Gasteiger partial charge on any atom is 0.186 e. The number of nitrogens with zero attached hydrogens (tertiary/aromatic N) is 2. The summed E-state index contributed by atoms with van der Waals surface area (Å²) in [7, 11) is 0. The van der Waals surface area contributed by atoms with Crippen molar-refractivity contribution in [3.63, 3.8) is 0 Å². The summed E-state index contributed by atoms with van der Waals surface area (Å²) in [5.41, 5.74) is 0.664. The minimum Gasteiger partial charge on any atom is -1.00 e. The first kappa shape index (κ1) is 11.2. The highest BCUT2D eigenvalue weighted by molar-refractivity contribution is 6.17. The largest absolute Gasteiger partial charge is 1.00 e. The molecule has 0 aliphatic rings. The molecule has 1 heterocycles. The van der Waals surface area contributed by atoms with Gasteiger partial charge in [0.2, 0.25) is 0 Å². The van der Waals surface area contributed by atoms with Crippen molar-refractivity contribution in [1.82, 2.24) is 0 Å². The van der Waals surface area contributed by atoms with Crippen LogP contribution in [0.3, 0.4) is 0 Å². The van der Waals surface area contributed by atoms with Gasteiger partial charge in [0.1, 0.15) is 11.6 Å². The molecule has 0 atom stereocenters. The molecule has 0 fully saturated rings. The normalized spacial score (nSPS) is 8.33. The molecule has 0 amide bonds. The average molecular weight is 203 g/mol. The molecule has 4 heteroatoms. The molecule has 2 nitrogen and oxygen atoms in total. The number of hydrogen-bond donors (Lipinski definition) is 0. The van der Waals surface area contributed by atoms with Gasteiger partial charge in [0.15, 0.2) is 18.9 Å². The van der Waals surface area contributed by atoms with E-state index in [1.54, 1.807) is 12.3 Å². The van der Waals surface area contributed by atoms with Crippen molar-refractivity contribution in [2.24, 2.45) is 0 Å². The van der Waals surface area contributed by atoms with Crippen LogP contribution in [0, 0.1) is 11.3 Å². The second-order valence-corrected chi connectivity index (χ2v) is 2.51. The predicted octanol–water partition coefficient (Wildman–Crippen LogP) is -1.91. The van der Waals surface area contributed by atoms with E-state index >= 15 is 0 Å². The summed E-state index contributed by atoms with van der Waals surface area (Å²) >= 11 is 5.53. The summed E-state index contributed by atoms with van der Waals surface area (Å²) in [6, 6.07) is 5.67. The Morgan fingerprint density at radius 1 is 1.58 bits per heavy atom. The van der Waals surface area contributed by atoms with E-state index in [1.165, 1.54) is 0 Å². The lowest BCUT2D eigenvalue weighted by Crippen LogP contribution is -3.00. The summed E-state index contributed by atoms with van der Waals surface area (Å²) in [5.74, 6) is 0.569. The van der Waals surface area contributed by atoms with Gasteiger partial charge in [-0.1, -0.05) is 0 Å². The van der Waals surface area contributed by atoms with Crippen LogP contribution in [-0.2, 0) is 6.54 Å². The molecule has 12 heavy (non-hydrogen) atoms. The molecule has 0 aliphatic heterocycles. The number of nitriles is 1. The quantitative estimate of drug-likeness (QED) is 0.407. The van der Waals surface area contributed by atoms with Crippen molar-refractivity contribution in [1.29, 1.82) is 5.26 Å². The number of halogens is 2. The molecule has 1 aromatic heterocycles. The van der Waals surface area contributed by atoms with Crippen LogP contribution in [0.5, 0.6) is 0 Å². The van der Waals surface area contributed by atoms with E-state index in [1.807, 2.05) is 16.8 Å². The summed E-state index contributed by atoms with van der Waals surface area (Å²) in [6.07, 6.45) is 3.67. The summed E-state index contributed by atoms with van der Waals surface area (Å²) < 4.78 is 1.89. The van der Waals surface area contributed by atoms with Crippen molar-refractivity contribution in [2.45, 2.75) is 6.54 Å². The molecule has 0 saturated heterocycles. The smallest absolute Gasteiger partial charge is 0.186 e. The second-order valence-electron chi connectivity index (χ2n) is 2.13. The van der Waals surface area contributed by atoms with Gasteiger partial charge >= 0.3 is 0 Å². The zero-order chi connectivity index (χ0) is 8.10. The number of aromatic nitrogens is 1. The van der Waals surface area contributed by atoms with Crippen LogP contribution in [-0.4, -0.2) is 5.88 Å². The van der Waals surface area contributed by atoms with Gasteiger partial charge in [0.05, 0.1) is 5.88 Å². The van der Waals surface area contributed by atoms with Gasteiger partial charge in [0.25, 0.3) is 0 Å². The monoisotopic (exact) mass is 202 g/mol. The fraction of sp³-hybridized carbons (Fsp3) is 0.250. The van der Waals surface area contributed by atoms with Gasteiger partial charge in [-0.25, -0.2) is 4.57 Å². The van der Waals surface area contributed by atoms with Crippen LogP contribution in [0.4, 0.5) is 0 Å². The van der Waals surface area contributed by atoms with Crippen LogP contribution in [0.15, 0.2) is 24.5 Å². The third-order valence-corrected chi connectivity index (χ3v) is 1.50. The molecule has 0 saturated carbocycles. The van der Waals surface area contributed by atoms with E-state index in [0.29, 0.717) is 11.4 Å².